The van der Waals surface area contributed by atoms with Crippen molar-refractivity contribution in [1.82, 2.24) is 5.32 Å². The molecule has 316 valence electrons. The zero-order valence-corrected chi connectivity index (χ0v) is 29.3. The van der Waals surface area contributed by atoms with Crippen molar-refractivity contribution in [2.75, 3.05) is 19.8 Å². The molecule has 5 fully saturated rings. The molecule has 23 heteroatoms. The Kier molecular flexibility index (Phi) is 15.0. The van der Waals surface area contributed by atoms with Gasteiger partial charge in [-0.15, -0.1) is 0 Å². The standard InChI is InChI=1S/C31H55NO22/c1-7-13(16(38)22(44)29(48-7)53-26-11(5-34)50-28(47)21(43)19(26)41)32-10-3-9(4-33)25(18(40)15(10)37)52-31-24(46)20(42)27(12(6-35)51-31)54-30-23(45)17(39)14(36)8(2)49-30/h7-47H,3-6H2,1-2H3/t7-,8-,9?,10+,11-,12-,13-,14-,15+,16+,17+,18-,19-,20-,21-,22-,23-,24-,25-,26-,27-,28-,29-,30-,31-/m1/s1. The predicted molar refractivity (Wildman–Crippen MR) is 169 cm³/mol. The van der Waals surface area contributed by atoms with E-state index in [1.165, 1.54) is 13.8 Å². The third-order valence-electron chi connectivity index (χ3n) is 11.0. The van der Waals surface area contributed by atoms with Crippen LogP contribution in [0.1, 0.15) is 20.3 Å². The molecular weight excluding hydrogens is 738 g/mol. The van der Waals surface area contributed by atoms with E-state index in [4.69, 9.17) is 33.2 Å². The summed E-state index contributed by atoms with van der Waals surface area (Å²) < 4.78 is 38.8. The molecule has 4 heterocycles. The van der Waals surface area contributed by atoms with Crippen molar-refractivity contribution in [2.45, 2.75) is 167 Å². The summed E-state index contributed by atoms with van der Waals surface area (Å²) in [4.78, 5) is 0. The van der Waals surface area contributed by atoms with Crippen LogP contribution < -0.4 is 5.32 Å². The first-order valence-electron chi connectivity index (χ1n) is 17.8. The van der Waals surface area contributed by atoms with E-state index in [-0.39, 0.29) is 6.42 Å². The Morgan fingerprint density at radius 2 is 0.926 bits per heavy atom. The summed E-state index contributed by atoms with van der Waals surface area (Å²) in [5, 5.41) is 160. The van der Waals surface area contributed by atoms with Crippen LogP contribution in [0.25, 0.3) is 0 Å². The van der Waals surface area contributed by atoms with Crippen LogP contribution >= 0.6 is 0 Å². The first-order chi connectivity index (χ1) is 25.4. The molecule has 1 saturated carbocycles. The molecule has 4 saturated heterocycles. The number of aliphatic hydroxyl groups is 15. The van der Waals surface area contributed by atoms with Gasteiger partial charge in [-0.25, -0.2) is 0 Å². The highest BCUT2D eigenvalue weighted by Crippen LogP contribution is 2.35. The van der Waals surface area contributed by atoms with Gasteiger partial charge in [-0.2, -0.15) is 0 Å². The van der Waals surface area contributed by atoms with Gasteiger partial charge >= 0.3 is 0 Å². The first kappa shape index (κ1) is 44.2. The van der Waals surface area contributed by atoms with Crippen molar-refractivity contribution >= 4 is 0 Å². The van der Waals surface area contributed by atoms with Gasteiger partial charge in [0.15, 0.2) is 25.2 Å². The third-order valence-corrected chi connectivity index (χ3v) is 11.0. The van der Waals surface area contributed by atoms with Gasteiger partial charge in [0, 0.05) is 18.6 Å². The fraction of sp³-hybridized carbons (Fsp3) is 1.00. The van der Waals surface area contributed by atoms with Gasteiger partial charge < -0.3 is 115 Å². The average molecular weight is 794 g/mol. The van der Waals surface area contributed by atoms with E-state index in [2.05, 4.69) is 5.32 Å². The maximum absolute atomic E-state index is 11.2. The molecule has 25 atom stereocenters. The van der Waals surface area contributed by atoms with Crippen LogP contribution in [0.4, 0.5) is 0 Å². The largest absolute Gasteiger partial charge is 0.396 e. The number of hydrogen-bond donors (Lipinski definition) is 16. The van der Waals surface area contributed by atoms with Crippen LogP contribution in [0.5, 0.6) is 0 Å². The molecule has 4 aliphatic heterocycles. The Labute approximate surface area is 308 Å². The molecular formula is C31H55NO22. The van der Waals surface area contributed by atoms with Gasteiger partial charge in [0.05, 0.1) is 43.7 Å². The third kappa shape index (κ3) is 8.74. The van der Waals surface area contributed by atoms with Crippen molar-refractivity contribution in [3.8, 4) is 0 Å². The molecule has 23 nitrogen and oxygen atoms in total. The number of hydrogen-bond acceptors (Lipinski definition) is 23. The molecule has 5 rings (SSSR count). The number of ether oxygens (including phenoxy) is 7. The van der Waals surface area contributed by atoms with Gasteiger partial charge in [-0.1, -0.05) is 0 Å². The van der Waals surface area contributed by atoms with Crippen molar-refractivity contribution in [3.05, 3.63) is 0 Å². The van der Waals surface area contributed by atoms with Crippen LogP contribution in [0.2, 0.25) is 0 Å². The van der Waals surface area contributed by atoms with Crippen molar-refractivity contribution in [2.24, 2.45) is 5.92 Å². The Morgan fingerprint density at radius 1 is 0.463 bits per heavy atom. The van der Waals surface area contributed by atoms with Gasteiger partial charge in [0.25, 0.3) is 0 Å². The Bertz CT molecular complexity index is 1170. The van der Waals surface area contributed by atoms with Crippen LogP contribution in [0.15, 0.2) is 0 Å². The molecule has 1 unspecified atom stereocenters. The van der Waals surface area contributed by atoms with Gasteiger partial charge in [-0.3, -0.25) is 0 Å². The Balaban J connectivity index is 1.20. The van der Waals surface area contributed by atoms with Crippen LogP contribution in [-0.2, 0) is 33.2 Å². The quantitative estimate of drug-likeness (QED) is 0.0923. The summed E-state index contributed by atoms with van der Waals surface area (Å²) in [6.07, 6.45) is -35.6. The summed E-state index contributed by atoms with van der Waals surface area (Å²) in [6, 6.07) is -2.22. The lowest BCUT2D eigenvalue weighted by atomic mass is 9.78. The molecule has 5 aliphatic rings. The maximum atomic E-state index is 11.2. The molecule has 0 aromatic rings. The highest BCUT2D eigenvalue weighted by atomic mass is 16.7. The summed E-state index contributed by atoms with van der Waals surface area (Å²) >= 11 is 0. The van der Waals surface area contributed by atoms with Gasteiger partial charge in [0.1, 0.15) is 85.5 Å². The molecule has 0 aromatic carbocycles. The van der Waals surface area contributed by atoms with Crippen molar-refractivity contribution in [3.63, 3.8) is 0 Å². The fourth-order valence-corrected chi connectivity index (χ4v) is 7.63. The Hall–Kier alpha value is -0.920. The lowest BCUT2D eigenvalue weighted by Gasteiger charge is -2.50. The number of aliphatic hydroxyl groups excluding tert-OH is 15. The minimum atomic E-state index is -1.93. The normalized spacial score (nSPS) is 54.7. The zero-order chi connectivity index (χ0) is 39.9. The second kappa shape index (κ2) is 18.3. The molecule has 0 radical (unpaired) electrons. The number of nitrogens with one attached hydrogen (secondary N) is 1. The van der Waals surface area contributed by atoms with Gasteiger partial charge in [0.2, 0.25) is 0 Å². The molecule has 16 N–H and O–H groups in total. The smallest absolute Gasteiger partial charge is 0.187 e. The Morgan fingerprint density at radius 3 is 1.50 bits per heavy atom. The second-order valence-corrected chi connectivity index (χ2v) is 14.6. The van der Waals surface area contributed by atoms with E-state index >= 15 is 0 Å². The fourth-order valence-electron chi connectivity index (χ4n) is 7.63. The second-order valence-electron chi connectivity index (χ2n) is 14.6. The van der Waals surface area contributed by atoms with E-state index < -0.39 is 173 Å². The monoisotopic (exact) mass is 793 g/mol. The van der Waals surface area contributed by atoms with Gasteiger partial charge in [-0.05, 0) is 20.3 Å². The molecule has 1 aliphatic carbocycles. The van der Waals surface area contributed by atoms with E-state index in [0.717, 1.165) is 0 Å². The topological polar surface area (TPSA) is 380 Å². The van der Waals surface area contributed by atoms with Crippen LogP contribution in [0.3, 0.4) is 0 Å². The zero-order valence-electron chi connectivity index (χ0n) is 29.3. The molecule has 0 aromatic heterocycles. The van der Waals surface area contributed by atoms with Crippen LogP contribution in [-0.4, -0.2) is 244 Å². The lowest BCUT2D eigenvalue weighted by Crippen LogP contribution is -2.69. The highest BCUT2D eigenvalue weighted by Gasteiger charge is 2.55. The van der Waals surface area contributed by atoms with E-state index in [9.17, 15) is 76.6 Å². The van der Waals surface area contributed by atoms with Crippen molar-refractivity contribution in [1.29, 1.82) is 0 Å². The summed E-state index contributed by atoms with van der Waals surface area (Å²) in [7, 11) is 0. The molecule has 0 bridgehead atoms. The first-order valence-corrected chi connectivity index (χ1v) is 17.8. The molecule has 0 spiro atoms. The predicted octanol–water partition coefficient (Wildman–Crippen LogP) is -9.63. The summed E-state index contributed by atoms with van der Waals surface area (Å²) in [5.41, 5.74) is 0. The SMILES string of the molecule is C[C@H]1O[C@H](O[C@H]2[C@H](O)[C@@H](O)[C@@H](O[C@@H]3C(CO)C[C@H](N[C@H]4[C@H](O)[C@@H](O)[C@@H](O[C@H]5[C@H](O)[C@@H](O)[C@H](O)O[C@@H]5CO)O[C@@H]4C)[C@H](O)[C@H]3O)O[C@@H]2CO)[C@H](O)[C@@H](O)[C@@H]1O. The summed E-state index contributed by atoms with van der Waals surface area (Å²) in [6.45, 7) is 0.635. The van der Waals surface area contributed by atoms with E-state index in [1.807, 2.05) is 0 Å². The van der Waals surface area contributed by atoms with Crippen LogP contribution in [0, 0.1) is 5.92 Å². The minimum Gasteiger partial charge on any atom is -0.396 e. The number of rotatable bonds is 11. The highest BCUT2D eigenvalue weighted by molar-refractivity contribution is 5.03. The van der Waals surface area contributed by atoms with Crippen molar-refractivity contribution < 1.29 is 110 Å². The van der Waals surface area contributed by atoms with E-state index in [0.29, 0.717) is 0 Å². The average Bonchev–Trinajstić information content (AvgIpc) is 3.15. The molecule has 54 heavy (non-hydrogen) atoms. The summed E-state index contributed by atoms with van der Waals surface area (Å²) in [5.74, 6) is -0.987. The maximum Gasteiger partial charge on any atom is 0.187 e. The van der Waals surface area contributed by atoms with E-state index in [1.54, 1.807) is 0 Å². The minimum absolute atomic E-state index is 0.140. The lowest BCUT2D eigenvalue weighted by molar-refractivity contribution is -0.366. The molecule has 0 amide bonds.